The number of aromatic nitrogens is 2. The summed E-state index contributed by atoms with van der Waals surface area (Å²) in [4.78, 5) is 10.2. The minimum Gasteiger partial charge on any atom is -0.378 e. The van der Waals surface area contributed by atoms with Gasteiger partial charge < -0.3 is 4.90 Å². The number of anilines is 2. The molecule has 6 heteroatoms. The van der Waals surface area contributed by atoms with Crippen molar-refractivity contribution >= 4 is 33.8 Å². The number of rotatable bonds is 4. The van der Waals surface area contributed by atoms with Gasteiger partial charge in [0.05, 0.1) is 10.7 Å². The van der Waals surface area contributed by atoms with E-state index in [-0.39, 0.29) is 0 Å². The third-order valence-electron chi connectivity index (χ3n) is 2.41. The molecule has 0 aliphatic rings. The van der Waals surface area contributed by atoms with E-state index >= 15 is 0 Å². The monoisotopic (exact) mass is 319 g/mol. The van der Waals surface area contributed by atoms with Crippen LogP contribution in [0.15, 0.2) is 46.2 Å². The number of hydrazone groups is 1. The maximum atomic E-state index is 4.09. The molecule has 1 aromatic heterocycles. The van der Waals surface area contributed by atoms with Crippen LogP contribution in [0.5, 0.6) is 0 Å². The fourth-order valence-corrected chi connectivity index (χ4v) is 1.60. The molecular formula is C13H14BrN5. The molecule has 0 saturated heterocycles. The Hall–Kier alpha value is -1.95. The van der Waals surface area contributed by atoms with Crippen LogP contribution in [0.4, 0.5) is 11.6 Å². The zero-order valence-corrected chi connectivity index (χ0v) is 12.3. The molecule has 0 atom stereocenters. The summed E-state index contributed by atoms with van der Waals surface area (Å²) in [7, 11) is 4.02. The Balaban J connectivity index is 1.97. The summed E-state index contributed by atoms with van der Waals surface area (Å²) in [5, 5.41) is 4.09. The van der Waals surface area contributed by atoms with Gasteiger partial charge in [-0.1, -0.05) is 12.1 Å². The van der Waals surface area contributed by atoms with Gasteiger partial charge in [0.15, 0.2) is 0 Å². The molecule has 0 unspecified atom stereocenters. The first-order chi connectivity index (χ1) is 9.15. The van der Waals surface area contributed by atoms with E-state index < -0.39 is 0 Å². The van der Waals surface area contributed by atoms with Gasteiger partial charge in [-0.15, -0.1) is 0 Å². The molecule has 1 N–H and O–H groups in total. The minimum absolute atomic E-state index is 0.462. The van der Waals surface area contributed by atoms with Crippen molar-refractivity contribution in [1.29, 1.82) is 0 Å². The van der Waals surface area contributed by atoms with Gasteiger partial charge in [-0.2, -0.15) is 5.10 Å². The molecule has 0 spiro atoms. The molecule has 0 aliphatic heterocycles. The predicted octanol–water partition coefficient (Wildman–Crippen LogP) is 2.75. The van der Waals surface area contributed by atoms with Gasteiger partial charge in [-0.25, -0.2) is 15.4 Å². The molecule has 0 saturated carbocycles. The van der Waals surface area contributed by atoms with Gasteiger partial charge >= 0.3 is 0 Å². The van der Waals surface area contributed by atoms with Crippen LogP contribution in [0.3, 0.4) is 0 Å². The summed E-state index contributed by atoms with van der Waals surface area (Å²) in [5.74, 6) is 0.462. The molecule has 0 radical (unpaired) electrons. The zero-order valence-electron chi connectivity index (χ0n) is 10.7. The van der Waals surface area contributed by atoms with Gasteiger partial charge in [-0.3, -0.25) is 0 Å². The van der Waals surface area contributed by atoms with Crippen LogP contribution in [0.2, 0.25) is 0 Å². The van der Waals surface area contributed by atoms with Crippen molar-refractivity contribution in [1.82, 2.24) is 9.97 Å². The van der Waals surface area contributed by atoms with Gasteiger partial charge in [0.25, 0.3) is 0 Å². The highest BCUT2D eigenvalue weighted by Crippen LogP contribution is 2.11. The van der Waals surface area contributed by atoms with E-state index in [9.17, 15) is 0 Å². The highest BCUT2D eigenvalue weighted by molar-refractivity contribution is 9.10. The average molecular weight is 320 g/mol. The third kappa shape index (κ3) is 4.03. The number of benzene rings is 1. The van der Waals surface area contributed by atoms with Gasteiger partial charge in [0.1, 0.15) is 0 Å². The Bertz CT molecular complexity index is 548. The van der Waals surface area contributed by atoms with Crippen molar-refractivity contribution in [3.8, 4) is 0 Å². The van der Waals surface area contributed by atoms with Crippen LogP contribution >= 0.6 is 15.9 Å². The Morgan fingerprint density at radius 2 is 1.79 bits per heavy atom. The Labute approximate surface area is 120 Å². The van der Waals surface area contributed by atoms with Crippen molar-refractivity contribution in [2.45, 2.75) is 0 Å². The second-order valence-electron chi connectivity index (χ2n) is 4.08. The quantitative estimate of drug-likeness (QED) is 0.695. The molecule has 2 aromatic rings. The minimum atomic E-state index is 0.462. The normalized spacial score (nSPS) is 10.7. The lowest BCUT2D eigenvalue weighted by molar-refractivity contribution is 1.11. The fraction of sp³-hybridized carbons (Fsp3) is 0.154. The fourth-order valence-electron chi connectivity index (χ4n) is 1.39. The molecule has 0 aliphatic carbocycles. The maximum Gasteiger partial charge on any atom is 0.243 e. The molecule has 0 amide bonds. The van der Waals surface area contributed by atoms with Crippen LogP contribution in [0.1, 0.15) is 5.56 Å². The summed E-state index contributed by atoms with van der Waals surface area (Å²) < 4.78 is 0.835. The van der Waals surface area contributed by atoms with Crippen molar-refractivity contribution < 1.29 is 0 Å². The second kappa shape index (κ2) is 6.29. The van der Waals surface area contributed by atoms with Crippen molar-refractivity contribution in [3.05, 3.63) is 46.7 Å². The molecule has 1 heterocycles. The second-order valence-corrected chi connectivity index (χ2v) is 5.00. The lowest BCUT2D eigenvalue weighted by atomic mass is 10.2. The summed E-state index contributed by atoms with van der Waals surface area (Å²) in [6.45, 7) is 0. The molecular weight excluding hydrogens is 306 g/mol. The van der Waals surface area contributed by atoms with E-state index in [1.54, 1.807) is 18.6 Å². The largest absolute Gasteiger partial charge is 0.378 e. The Morgan fingerprint density at radius 3 is 2.37 bits per heavy atom. The number of halogens is 1. The average Bonchev–Trinajstić information content (AvgIpc) is 2.41. The SMILES string of the molecule is CN(C)c1ccc(/C=N/Nc2ncc(Br)cn2)cc1. The number of hydrogen-bond acceptors (Lipinski definition) is 5. The van der Waals surface area contributed by atoms with E-state index in [4.69, 9.17) is 0 Å². The van der Waals surface area contributed by atoms with Crippen molar-refractivity contribution in [2.24, 2.45) is 5.10 Å². The third-order valence-corrected chi connectivity index (χ3v) is 2.82. The van der Waals surface area contributed by atoms with Gasteiger partial charge in [0, 0.05) is 32.2 Å². The molecule has 2 rings (SSSR count). The molecule has 19 heavy (non-hydrogen) atoms. The van der Waals surface area contributed by atoms with Crippen molar-refractivity contribution in [2.75, 3.05) is 24.4 Å². The molecule has 98 valence electrons. The topological polar surface area (TPSA) is 53.4 Å². The van der Waals surface area contributed by atoms with Crippen molar-refractivity contribution in [3.63, 3.8) is 0 Å². The van der Waals surface area contributed by atoms with Gasteiger partial charge in [0.2, 0.25) is 5.95 Å². The summed E-state index contributed by atoms with van der Waals surface area (Å²) >= 11 is 3.27. The lowest BCUT2D eigenvalue weighted by Gasteiger charge is -2.11. The van der Waals surface area contributed by atoms with E-state index in [0.717, 1.165) is 15.7 Å². The van der Waals surface area contributed by atoms with E-state index in [1.807, 2.05) is 38.4 Å². The van der Waals surface area contributed by atoms with Gasteiger partial charge in [-0.05, 0) is 33.6 Å². The number of hydrogen-bond donors (Lipinski definition) is 1. The molecule has 5 nitrogen and oxygen atoms in total. The molecule has 0 bridgehead atoms. The van der Waals surface area contributed by atoms with E-state index in [0.29, 0.717) is 5.95 Å². The molecule has 1 aromatic carbocycles. The Morgan fingerprint density at radius 1 is 1.16 bits per heavy atom. The number of nitrogens with zero attached hydrogens (tertiary/aromatic N) is 4. The number of nitrogens with one attached hydrogen (secondary N) is 1. The standard InChI is InChI=1S/C13H14BrN5/c1-19(2)12-5-3-10(4-6-12)7-17-18-13-15-8-11(14)9-16-13/h3-9H,1-2H3,(H,15,16,18)/b17-7+. The highest BCUT2D eigenvalue weighted by atomic mass is 79.9. The summed E-state index contributed by atoms with van der Waals surface area (Å²) in [6, 6.07) is 8.08. The maximum absolute atomic E-state index is 4.09. The first kappa shape index (κ1) is 13.5. The van der Waals surface area contributed by atoms with Crippen LogP contribution in [0.25, 0.3) is 0 Å². The predicted molar refractivity (Wildman–Crippen MR) is 81.7 cm³/mol. The summed E-state index contributed by atoms with van der Waals surface area (Å²) in [6.07, 6.45) is 5.05. The van der Waals surface area contributed by atoms with E-state index in [2.05, 4.69) is 41.3 Å². The van der Waals surface area contributed by atoms with Crippen LogP contribution in [0, 0.1) is 0 Å². The van der Waals surface area contributed by atoms with Crippen LogP contribution in [-0.4, -0.2) is 30.3 Å². The Kier molecular flexibility index (Phi) is 4.46. The smallest absolute Gasteiger partial charge is 0.243 e. The van der Waals surface area contributed by atoms with E-state index in [1.165, 1.54) is 0 Å². The van der Waals surface area contributed by atoms with Crippen LogP contribution in [-0.2, 0) is 0 Å². The highest BCUT2D eigenvalue weighted by Gasteiger charge is 1.95. The first-order valence-electron chi connectivity index (χ1n) is 5.69. The lowest BCUT2D eigenvalue weighted by Crippen LogP contribution is -2.08. The zero-order chi connectivity index (χ0) is 13.7. The van der Waals surface area contributed by atoms with Crippen LogP contribution < -0.4 is 10.3 Å². The first-order valence-corrected chi connectivity index (χ1v) is 6.48. The summed E-state index contributed by atoms with van der Waals surface area (Å²) in [5.41, 5.74) is 4.94. The molecule has 0 fully saturated rings.